The molecular formula is C16H23NOS. The molecule has 19 heavy (non-hydrogen) atoms. The molecule has 1 spiro atoms. The molecule has 1 heterocycles. The number of nitrogen functional groups attached to an aromatic ring is 1. The Morgan fingerprint density at radius 2 is 2.11 bits per heavy atom. The highest BCUT2D eigenvalue weighted by Gasteiger charge is 2.41. The van der Waals surface area contributed by atoms with Crippen molar-refractivity contribution in [3.05, 3.63) is 23.8 Å². The summed E-state index contributed by atoms with van der Waals surface area (Å²) in [5.41, 5.74) is 8.17. The highest BCUT2D eigenvalue weighted by Crippen LogP contribution is 2.44. The molecule has 3 heteroatoms. The molecule has 0 amide bonds. The van der Waals surface area contributed by atoms with Gasteiger partial charge >= 0.3 is 0 Å². The van der Waals surface area contributed by atoms with Crippen molar-refractivity contribution in [3.8, 4) is 0 Å². The standard InChI is InChI=1S/C16H23NOS/c1-12-10-14(4-5-15(12)17)19-11-13-6-9-16(18-13)7-2-3-8-16/h4-5,10,13H,2-3,6-9,11,17H2,1H3. The Balaban J connectivity index is 1.54. The SMILES string of the molecule is Cc1cc(SCC2CCC3(CCCC3)O2)ccc1N. The van der Waals surface area contributed by atoms with Crippen LogP contribution in [0.2, 0.25) is 0 Å². The highest BCUT2D eigenvalue weighted by atomic mass is 32.2. The van der Waals surface area contributed by atoms with E-state index in [0.717, 1.165) is 11.4 Å². The highest BCUT2D eigenvalue weighted by molar-refractivity contribution is 7.99. The second kappa shape index (κ2) is 5.37. The molecule has 1 aliphatic carbocycles. The summed E-state index contributed by atoms with van der Waals surface area (Å²) in [5.74, 6) is 1.07. The van der Waals surface area contributed by atoms with E-state index in [0.29, 0.717) is 6.10 Å². The number of aryl methyl sites for hydroxylation is 1. The van der Waals surface area contributed by atoms with Crippen LogP contribution >= 0.6 is 11.8 Å². The Labute approximate surface area is 120 Å². The largest absolute Gasteiger partial charge is 0.399 e. The first-order valence-corrected chi connectivity index (χ1v) is 8.32. The van der Waals surface area contributed by atoms with Gasteiger partial charge in [-0.1, -0.05) is 12.8 Å². The topological polar surface area (TPSA) is 35.2 Å². The van der Waals surface area contributed by atoms with Crippen molar-refractivity contribution >= 4 is 17.4 Å². The maximum atomic E-state index is 6.34. The quantitative estimate of drug-likeness (QED) is 0.665. The number of hydrogen-bond acceptors (Lipinski definition) is 3. The number of anilines is 1. The van der Waals surface area contributed by atoms with Gasteiger partial charge < -0.3 is 10.5 Å². The van der Waals surface area contributed by atoms with Crippen molar-refractivity contribution in [2.75, 3.05) is 11.5 Å². The van der Waals surface area contributed by atoms with Gasteiger partial charge in [0, 0.05) is 16.3 Å². The van der Waals surface area contributed by atoms with Crippen molar-refractivity contribution in [1.29, 1.82) is 0 Å². The predicted octanol–water partition coefficient (Wildman–Crippen LogP) is 4.16. The summed E-state index contributed by atoms with van der Waals surface area (Å²) >= 11 is 1.90. The zero-order valence-corrected chi connectivity index (χ0v) is 12.5. The Morgan fingerprint density at radius 3 is 2.84 bits per heavy atom. The fourth-order valence-electron chi connectivity index (χ4n) is 3.33. The molecule has 0 radical (unpaired) electrons. The predicted molar refractivity (Wildman–Crippen MR) is 81.6 cm³/mol. The van der Waals surface area contributed by atoms with Gasteiger partial charge in [-0.15, -0.1) is 11.8 Å². The van der Waals surface area contributed by atoms with E-state index in [-0.39, 0.29) is 5.60 Å². The molecule has 3 rings (SSSR count). The van der Waals surface area contributed by atoms with E-state index < -0.39 is 0 Å². The van der Waals surface area contributed by atoms with E-state index in [1.54, 1.807) is 0 Å². The number of nitrogens with two attached hydrogens (primary N) is 1. The summed E-state index contributed by atoms with van der Waals surface area (Å²) in [7, 11) is 0. The van der Waals surface area contributed by atoms with Crippen LogP contribution < -0.4 is 5.73 Å². The van der Waals surface area contributed by atoms with Crippen LogP contribution in [-0.2, 0) is 4.74 Å². The average Bonchev–Trinajstić information content (AvgIpc) is 3.02. The lowest BCUT2D eigenvalue weighted by molar-refractivity contribution is -0.0267. The van der Waals surface area contributed by atoms with Crippen molar-refractivity contribution < 1.29 is 4.74 Å². The van der Waals surface area contributed by atoms with Gasteiger partial charge in [-0.3, -0.25) is 0 Å². The van der Waals surface area contributed by atoms with Gasteiger partial charge in [0.15, 0.2) is 0 Å². The van der Waals surface area contributed by atoms with Crippen LogP contribution in [0.15, 0.2) is 23.1 Å². The zero-order valence-electron chi connectivity index (χ0n) is 11.7. The van der Waals surface area contributed by atoms with Crippen LogP contribution in [0.3, 0.4) is 0 Å². The minimum atomic E-state index is 0.266. The third-order valence-corrected chi connectivity index (χ3v) is 5.66. The van der Waals surface area contributed by atoms with Crippen LogP contribution in [0.5, 0.6) is 0 Å². The Bertz CT molecular complexity index is 454. The summed E-state index contributed by atoms with van der Waals surface area (Å²) in [4.78, 5) is 1.31. The van der Waals surface area contributed by atoms with E-state index in [2.05, 4.69) is 19.1 Å². The molecule has 1 aliphatic heterocycles. The Hall–Kier alpha value is -0.670. The number of benzene rings is 1. The molecule has 1 aromatic rings. The van der Waals surface area contributed by atoms with Crippen molar-refractivity contribution in [2.45, 2.75) is 62.0 Å². The summed E-state index contributed by atoms with van der Waals surface area (Å²) in [6.45, 7) is 2.07. The van der Waals surface area contributed by atoms with Crippen LogP contribution in [0.25, 0.3) is 0 Å². The zero-order chi connectivity index (χ0) is 13.3. The molecule has 1 saturated carbocycles. The van der Waals surface area contributed by atoms with Crippen molar-refractivity contribution in [3.63, 3.8) is 0 Å². The molecule has 0 aromatic heterocycles. The lowest BCUT2D eigenvalue weighted by Crippen LogP contribution is -2.25. The first kappa shape index (κ1) is 13.3. The second-order valence-electron chi connectivity index (χ2n) is 6.00. The van der Waals surface area contributed by atoms with Gasteiger partial charge in [0.2, 0.25) is 0 Å². The molecule has 2 fully saturated rings. The monoisotopic (exact) mass is 277 g/mol. The van der Waals surface area contributed by atoms with E-state index in [1.807, 2.05) is 17.8 Å². The van der Waals surface area contributed by atoms with Crippen LogP contribution in [0.1, 0.15) is 44.1 Å². The van der Waals surface area contributed by atoms with Crippen molar-refractivity contribution in [2.24, 2.45) is 0 Å². The van der Waals surface area contributed by atoms with Crippen LogP contribution in [0, 0.1) is 6.92 Å². The molecule has 0 bridgehead atoms. The van der Waals surface area contributed by atoms with E-state index in [9.17, 15) is 0 Å². The summed E-state index contributed by atoms with van der Waals surface area (Å²) in [5, 5.41) is 0. The number of thioether (sulfide) groups is 1. The Kier molecular flexibility index (Phi) is 3.77. The van der Waals surface area contributed by atoms with E-state index in [4.69, 9.17) is 10.5 Å². The fourth-order valence-corrected chi connectivity index (χ4v) is 4.36. The van der Waals surface area contributed by atoms with Crippen LogP contribution in [0.4, 0.5) is 5.69 Å². The lowest BCUT2D eigenvalue weighted by atomic mass is 9.98. The third-order valence-electron chi connectivity index (χ3n) is 4.53. The molecule has 104 valence electrons. The molecule has 1 saturated heterocycles. The Morgan fingerprint density at radius 1 is 1.32 bits per heavy atom. The van der Waals surface area contributed by atoms with E-state index in [1.165, 1.54) is 49.0 Å². The number of hydrogen-bond donors (Lipinski definition) is 1. The smallest absolute Gasteiger partial charge is 0.0687 e. The first-order valence-electron chi connectivity index (χ1n) is 7.34. The summed E-state index contributed by atoms with van der Waals surface area (Å²) in [6.07, 6.45) is 8.25. The normalized spacial score (nSPS) is 25.2. The van der Waals surface area contributed by atoms with Gasteiger partial charge in [0.1, 0.15) is 0 Å². The summed E-state index contributed by atoms with van der Waals surface area (Å²) < 4.78 is 6.34. The molecule has 1 unspecified atom stereocenters. The average molecular weight is 277 g/mol. The van der Waals surface area contributed by atoms with Gasteiger partial charge in [0.05, 0.1) is 11.7 Å². The molecule has 2 aliphatic rings. The van der Waals surface area contributed by atoms with E-state index >= 15 is 0 Å². The second-order valence-corrected chi connectivity index (χ2v) is 7.09. The first-order chi connectivity index (χ1) is 9.17. The maximum Gasteiger partial charge on any atom is 0.0687 e. The minimum Gasteiger partial charge on any atom is -0.399 e. The van der Waals surface area contributed by atoms with Crippen molar-refractivity contribution in [1.82, 2.24) is 0 Å². The van der Waals surface area contributed by atoms with Crippen LogP contribution in [-0.4, -0.2) is 17.5 Å². The van der Waals surface area contributed by atoms with Gasteiger partial charge in [-0.05, 0) is 56.4 Å². The van der Waals surface area contributed by atoms with Gasteiger partial charge in [0.25, 0.3) is 0 Å². The summed E-state index contributed by atoms with van der Waals surface area (Å²) in [6, 6.07) is 6.30. The minimum absolute atomic E-state index is 0.266. The lowest BCUT2D eigenvalue weighted by Gasteiger charge is -2.23. The third kappa shape index (κ3) is 2.92. The molecule has 1 atom stereocenters. The molecular weight excluding hydrogens is 254 g/mol. The molecule has 2 N–H and O–H groups in total. The maximum absolute atomic E-state index is 6.34. The number of rotatable bonds is 3. The van der Waals surface area contributed by atoms with Gasteiger partial charge in [-0.2, -0.15) is 0 Å². The fraction of sp³-hybridized carbons (Fsp3) is 0.625. The number of ether oxygens (including phenoxy) is 1. The van der Waals surface area contributed by atoms with Gasteiger partial charge in [-0.25, -0.2) is 0 Å². The molecule has 1 aromatic carbocycles. The molecule has 2 nitrogen and oxygen atoms in total.